The average molecular weight is 375 g/mol. The second-order valence-corrected chi connectivity index (χ2v) is 7.06. The number of carbonyl (C=O) groups excluding carboxylic acids is 1. The molecule has 0 bridgehead atoms. The Morgan fingerprint density at radius 3 is 2.08 bits per heavy atom. The molecule has 0 aromatic carbocycles. The number of carbonyl (C=O) groups is 2. The van der Waals surface area contributed by atoms with Crippen LogP contribution in [0.5, 0.6) is 0 Å². The molecule has 6 heteroatoms. The Morgan fingerprint density at radius 1 is 0.962 bits per heavy atom. The standard InChI is InChI=1S/C18H32O4.C2H6O2/c1-3-5-6-10-14(9-4-2)13-22-18(21)16-12-8-7-11-15(16)17(19)20;3-1-2-4/h14-16H,3-13H2,1-2H3,(H,19,20);3-4H,1-2H2. The monoisotopic (exact) mass is 374 g/mol. The summed E-state index contributed by atoms with van der Waals surface area (Å²) in [5.41, 5.74) is 0. The smallest absolute Gasteiger partial charge is 0.309 e. The second kappa shape index (κ2) is 16.1. The van der Waals surface area contributed by atoms with Gasteiger partial charge in [0.05, 0.1) is 31.7 Å². The van der Waals surface area contributed by atoms with Gasteiger partial charge in [-0.1, -0.05) is 52.4 Å². The Hall–Kier alpha value is -1.14. The Labute approximate surface area is 157 Å². The van der Waals surface area contributed by atoms with E-state index in [0.717, 1.165) is 32.1 Å². The zero-order valence-corrected chi connectivity index (χ0v) is 16.5. The van der Waals surface area contributed by atoms with Gasteiger partial charge in [-0.25, -0.2) is 0 Å². The van der Waals surface area contributed by atoms with Gasteiger partial charge in [-0.2, -0.15) is 0 Å². The Kier molecular flexibility index (Phi) is 15.4. The van der Waals surface area contributed by atoms with Crippen LogP contribution < -0.4 is 0 Å². The molecular weight excluding hydrogens is 336 g/mol. The van der Waals surface area contributed by atoms with Crippen LogP contribution in [-0.4, -0.2) is 47.1 Å². The molecule has 0 aromatic heterocycles. The zero-order chi connectivity index (χ0) is 19.8. The first-order valence-electron chi connectivity index (χ1n) is 10.1. The van der Waals surface area contributed by atoms with Crippen LogP contribution in [0.25, 0.3) is 0 Å². The molecule has 6 nitrogen and oxygen atoms in total. The van der Waals surface area contributed by atoms with Gasteiger partial charge in [-0.3, -0.25) is 9.59 Å². The summed E-state index contributed by atoms with van der Waals surface area (Å²) >= 11 is 0. The third-order valence-corrected chi connectivity index (χ3v) is 4.86. The van der Waals surface area contributed by atoms with Crippen molar-refractivity contribution in [2.45, 2.75) is 78.1 Å². The number of aliphatic carboxylic acids is 1. The van der Waals surface area contributed by atoms with Crippen molar-refractivity contribution in [3.8, 4) is 0 Å². The lowest BCUT2D eigenvalue weighted by Crippen LogP contribution is -2.34. The summed E-state index contributed by atoms with van der Waals surface area (Å²) in [7, 11) is 0. The molecule has 0 heterocycles. The lowest BCUT2D eigenvalue weighted by atomic mass is 9.79. The second-order valence-electron chi connectivity index (χ2n) is 7.06. The van der Waals surface area contributed by atoms with Gasteiger partial charge in [-0.15, -0.1) is 0 Å². The molecule has 0 aromatic rings. The van der Waals surface area contributed by atoms with Gasteiger partial charge in [0, 0.05) is 0 Å². The molecule has 3 unspecified atom stereocenters. The van der Waals surface area contributed by atoms with Gasteiger partial charge >= 0.3 is 11.9 Å². The number of aliphatic hydroxyl groups excluding tert-OH is 2. The van der Waals surface area contributed by atoms with Crippen molar-refractivity contribution >= 4 is 11.9 Å². The van der Waals surface area contributed by atoms with Crippen LogP contribution >= 0.6 is 0 Å². The number of aliphatic hydroxyl groups is 2. The van der Waals surface area contributed by atoms with Crippen molar-refractivity contribution in [2.75, 3.05) is 19.8 Å². The average Bonchev–Trinajstić information content (AvgIpc) is 2.66. The maximum absolute atomic E-state index is 12.3. The van der Waals surface area contributed by atoms with E-state index < -0.39 is 17.8 Å². The highest BCUT2D eigenvalue weighted by atomic mass is 16.5. The predicted molar refractivity (Wildman–Crippen MR) is 101 cm³/mol. The van der Waals surface area contributed by atoms with E-state index in [2.05, 4.69) is 13.8 Å². The molecule has 1 aliphatic rings. The number of hydrogen-bond donors (Lipinski definition) is 3. The lowest BCUT2D eigenvalue weighted by molar-refractivity contribution is -0.160. The summed E-state index contributed by atoms with van der Waals surface area (Å²) in [5.74, 6) is -1.71. The molecule has 0 saturated heterocycles. The van der Waals surface area contributed by atoms with Crippen LogP contribution in [0.15, 0.2) is 0 Å². The molecular formula is C20H38O6. The van der Waals surface area contributed by atoms with E-state index in [1.54, 1.807) is 0 Å². The maximum atomic E-state index is 12.3. The first-order valence-corrected chi connectivity index (χ1v) is 10.1. The van der Waals surface area contributed by atoms with E-state index in [-0.39, 0.29) is 19.2 Å². The van der Waals surface area contributed by atoms with Gasteiger partial charge in [0.2, 0.25) is 0 Å². The van der Waals surface area contributed by atoms with Crippen LogP contribution in [0.2, 0.25) is 0 Å². The van der Waals surface area contributed by atoms with Crippen LogP contribution in [-0.2, 0) is 14.3 Å². The van der Waals surface area contributed by atoms with Crippen LogP contribution in [0.3, 0.4) is 0 Å². The van der Waals surface area contributed by atoms with E-state index in [1.165, 1.54) is 19.3 Å². The number of hydrogen-bond acceptors (Lipinski definition) is 5. The molecule has 0 aliphatic heterocycles. The summed E-state index contributed by atoms with van der Waals surface area (Å²) in [6.45, 7) is 4.54. The van der Waals surface area contributed by atoms with Crippen molar-refractivity contribution in [3.63, 3.8) is 0 Å². The fourth-order valence-corrected chi connectivity index (χ4v) is 3.42. The van der Waals surface area contributed by atoms with Crippen molar-refractivity contribution in [2.24, 2.45) is 17.8 Å². The Balaban J connectivity index is 0.00000141. The number of ether oxygens (including phenoxy) is 1. The molecule has 3 N–H and O–H groups in total. The molecule has 0 radical (unpaired) electrons. The fourth-order valence-electron chi connectivity index (χ4n) is 3.42. The topological polar surface area (TPSA) is 104 Å². The van der Waals surface area contributed by atoms with Gasteiger partial charge in [-0.05, 0) is 31.6 Å². The SMILES string of the molecule is CCCCCC(CCC)COC(=O)C1CCCCC1C(=O)O.OCCO. The van der Waals surface area contributed by atoms with Gasteiger partial charge in [0.1, 0.15) is 0 Å². The minimum absolute atomic E-state index is 0.125. The largest absolute Gasteiger partial charge is 0.481 e. The van der Waals surface area contributed by atoms with Crippen molar-refractivity contribution in [1.29, 1.82) is 0 Å². The van der Waals surface area contributed by atoms with Crippen LogP contribution in [0.1, 0.15) is 78.1 Å². The number of carboxylic acids is 1. The zero-order valence-electron chi connectivity index (χ0n) is 16.5. The summed E-state index contributed by atoms with van der Waals surface area (Å²) in [6, 6.07) is 0. The van der Waals surface area contributed by atoms with Crippen molar-refractivity contribution in [1.82, 2.24) is 0 Å². The van der Waals surface area contributed by atoms with E-state index in [1.807, 2.05) is 0 Å². The molecule has 26 heavy (non-hydrogen) atoms. The first kappa shape index (κ1) is 24.9. The van der Waals surface area contributed by atoms with Gasteiger partial charge < -0.3 is 20.1 Å². The molecule has 1 aliphatic carbocycles. The molecule has 0 amide bonds. The normalized spacial score (nSPS) is 20.6. The molecule has 1 saturated carbocycles. The van der Waals surface area contributed by atoms with E-state index in [9.17, 15) is 14.7 Å². The molecule has 1 fully saturated rings. The number of carboxylic acid groups (broad SMARTS) is 1. The number of rotatable bonds is 11. The summed E-state index contributed by atoms with van der Waals surface area (Å²) in [6.07, 6.45) is 9.95. The lowest BCUT2D eigenvalue weighted by Gasteiger charge is -2.27. The fraction of sp³-hybridized carbons (Fsp3) is 0.900. The van der Waals surface area contributed by atoms with E-state index in [0.29, 0.717) is 25.4 Å². The molecule has 0 spiro atoms. The number of esters is 1. The number of unbranched alkanes of at least 4 members (excludes halogenated alkanes) is 2. The summed E-state index contributed by atoms with van der Waals surface area (Å²) in [4.78, 5) is 23.5. The third-order valence-electron chi connectivity index (χ3n) is 4.86. The quantitative estimate of drug-likeness (QED) is 0.378. The van der Waals surface area contributed by atoms with Crippen LogP contribution in [0.4, 0.5) is 0 Å². The van der Waals surface area contributed by atoms with E-state index in [4.69, 9.17) is 14.9 Å². The first-order chi connectivity index (χ1) is 12.5. The molecule has 3 atom stereocenters. The molecule has 1 rings (SSSR count). The van der Waals surface area contributed by atoms with Gasteiger partial charge in [0.25, 0.3) is 0 Å². The predicted octanol–water partition coefficient (Wildman–Crippen LogP) is 3.39. The molecule has 154 valence electrons. The van der Waals surface area contributed by atoms with Crippen molar-refractivity contribution < 1.29 is 29.6 Å². The summed E-state index contributed by atoms with van der Waals surface area (Å²) in [5, 5.41) is 24.5. The minimum Gasteiger partial charge on any atom is -0.481 e. The summed E-state index contributed by atoms with van der Waals surface area (Å²) < 4.78 is 5.51. The Bertz CT molecular complexity index is 369. The maximum Gasteiger partial charge on any atom is 0.309 e. The minimum atomic E-state index is -0.852. The van der Waals surface area contributed by atoms with E-state index >= 15 is 0 Å². The highest BCUT2D eigenvalue weighted by Gasteiger charge is 2.36. The van der Waals surface area contributed by atoms with Gasteiger partial charge in [0.15, 0.2) is 0 Å². The third kappa shape index (κ3) is 10.8. The van der Waals surface area contributed by atoms with Crippen molar-refractivity contribution in [3.05, 3.63) is 0 Å². The Morgan fingerprint density at radius 2 is 1.58 bits per heavy atom. The highest BCUT2D eigenvalue weighted by molar-refractivity contribution is 5.81. The highest BCUT2D eigenvalue weighted by Crippen LogP contribution is 2.31. The van der Waals surface area contributed by atoms with Crippen LogP contribution in [0, 0.1) is 17.8 Å².